The largest absolute Gasteiger partial charge is 0.412 e. The topological polar surface area (TPSA) is 49.8 Å². The van der Waals surface area contributed by atoms with Crippen molar-refractivity contribution in [3.05, 3.63) is 70.7 Å². The van der Waals surface area contributed by atoms with E-state index >= 15 is 0 Å². The first-order valence-electron chi connectivity index (χ1n) is 7.63. The number of allylic oxidation sites excluding steroid dienone is 2. The highest BCUT2D eigenvalue weighted by Gasteiger charge is 2.29. The quantitative estimate of drug-likeness (QED) is 0.679. The van der Waals surface area contributed by atoms with Gasteiger partial charge in [0.1, 0.15) is 0 Å². The van der Waals surface area contributed by atoms with E-state index in [-0.39, 0.29) is 6.54 Å². The third-order valence-corrected chi connectivity index (χ3v) is 3.86. The molecule has 4 nitrogen and oxygen atoms in total. The third-order valence-electron chi connectivity index (χ3n) is 3.86. The molecule has 0 unspecified atom stereocenters. The van der Waals surface area contributed by atoms with E-state index in [0.29, 0.717) is 11.0 Å². The Morgan fingerprint density at radius 2 is 1.88 bits per heavy atom. The normalized spacial score (nSPS) is 12.6. The van der Waals surface area contributed by atoms with Gasteiger partial charge in [0.25, 0.3) is 0 Å². The fraction of sp³-hybridized carbons (Fsp3) is 0.167. The average molecular weight is 347 g/mol. The van der Waals surface area contributed by atoms with E-state index < -0.39 is 17.4 Å². The molecule has 0 aliphatic heterocycles. The minimum atomic E-state index is -4.39. The smallest absolute Gasteiger partial charge is 0.355 e. The average Bonchev–Trinajstić information content (AvgIpc) is 2.87. The number of nitrogens with zero attached hydrogens (tertiary/aromatic N) is 1. The van der Waals surface area contributed by atoms with Crippen molar-refractivity contribution in [3.8, 4) is 0 Å². The molecular formula is C18H16F3N3O. The van der Waals surface area contributed by atoms with Crippen LogP contribution in [0, 0.1) is 0 Å². The molecule has 0 saturated heterocycles. The molecule has 0 spiro atoms. The molecule has 0 amide bonds. The number of aromatic nitrogens is 2. The van der Waals surface area contributed by atoms with Crippen molar-refractivity contribution < 1.29 is 13.2 Å². The summed E-state index contributed by atoms with van der Waals surface area (Å²) in [5.41, 5.74) is 1.61. The molecule has 0 atom stereocenters. The Balaban J connectivity index is 1.90. The van der Waals surface area contributed by atoms with Gasteiger partial charge >= 0.3 is 11.9 Å². The Hall–Kier alpha value is -2.96. The maximum atomic E-state index is 12.6. The molecular weight excluding hydrogens is 331 g/mol. The molecule has 2 aromatic carbocycles. The Morgan fingerprint density at radius 1 is 1.16 bits per heavy atom. The van der Waals surface area contributed by atoms with E-state index in [1.54, 1.807) is 18.2 Å². The van der Waals surface area contributed by atoms with E-state index in [0.717, 1.165) is 24.4 Å². The molecule has 2 N–H and O–H groups in total. The van der Waals surface area contributed by atoms with Crippen LogP contribution < -0.4 is 11.0 Å². The van der Waals surface area contributed by atoms with Crippen LogP contribution in [0.15, 0.2) is 65.0 Å². The van der Waals surface area contributed by atoms with E-state index in [2.05, 4.69) is 10.3 Å². The number of nitrogens with one attached hydrogen (secondary N) is 2. The summed E-state index contributed by atoms with van der Waals surface area (Å²) in [5.74, 6) is 0. The number of imidazole rings is 1. The van der Waals surface area contributed by atoms with Crippen LogP contribution in [0.1, 0.15) is 6.92 Å². The predicted molar refractivity (Wildman–Crippen MR) is 92.1 cm³/mol. The molecule has 0 bridgehead atoms. The Morgan fingerprint density at radius 3 is 2.56 bits per heavy atom. The first-order valence-corrected chi connectivity index (χ1v) is 7.63. The number of alkyl halides is 3. The zero-order valence-corrected chi connectivity index (χ0v) is 13.4. The standard InChI is InChI=1S/C18H16F3N3O/c1-12(18(19,20)21)9-10-24-16-8-7-14(11-15(16)23-17(24)25)22-13-5-3-2-4-6-13/h2-9,11,22H,10H2,1H3,(H,23,25)/b12-9-. The second-order valence-electron chi connectivity index (χ2n) is 5.65. The maximum Gasteiger partial charge on any atom is 0.412 e. The van der Waals surface area contributed by atoms with Gasteiger partial charge in [-0.2, -0.15) is 13.2 Å². The number of anilines is 2. The number of hydrogen-bond acceptors (Lipinski definition) is 2. The molecule has 1 heterocycles. The zero-order valence-electron chi connectivity index (χ0n) is 13.4. The first-order chi connectivity index (χ1) is 11.8. The van der Waals surface area contributed by atoms with Crippen LogP contribution >= 0.6 is 0 Å². The highest BCUT2D eigenvalue weighted by atomic mass is 19.4. The van der Waals surface area contributed by atoms with Gasteiger partial charge in [0.2, 0.25) is 0 Å². The highest BCUT2D eigenvalue weighted by molar-refractivity contribution is 5.80. The number of halogens is 3. The minimum absolute atomic E-state index is 0.143. The number of aromatic amines is 1. The molecule has 0 aliphatic rings. The molecule has 7 heteroatoms. The second-order valence-corrected chi connectivity index (χ2v) is 5.65. The van der Waals surface area contributed by atoms with Crippen molar-refractivity contribution in [3.63, 3.8) is 0 Å². The minimum Gasteiger partial charge on any atom is -0.355 e. The van der Waals surface area contributed by atoms with E-state index in [1.807, 2.05) is 30.3 Å². The number of fused-ring (bicyclic) bond motifs is 1. The van der Waals surface area contributed by atoms with E-state index in [1.165, 1.54) is 4.57 Å². The predicted octanol–water partition coefficient (Wildman–Crippen LogP) is 4.58. The summed E-state index contributed by atoms with van der Waals surface area (Å²) in [6, 6.07) is 14.7. The van der Waals surface area contributed by atoms with Crippen LogP contribution in [0.5, 0.6) is 0 Å². The van der Waals surface area contributed by atoms with Crippen LogP contribution in [0.3, 0.4) is 0 Å². The summed E-state index contributed by atoms with van der Waals surface area (Å²) in [6.45, 7) is 0.845. The van der Waals surface area contributed by atoms with Crippen molar-refractivity contribution in [2.75, 3.05) is 5.32 Å². The van der Waals surface area contributed by atoms with Crippen LogP contribution in [0.25, 0.3) is 11.0 Å². The van der Waals surface area contributed by atoms with Crippen molar-refractivity contribution in [1.29, 1.82) is 0 Å². The Labute approximate surface area is 141 Å². The van der Waals surface area contributed by atoms with Crippen molar-refractivity contribution in [1.82, 2.24) is 9.55 Å². The lowest BCUT2D eigenvalue weighted by atomic mass is 10.2. The lowest BCUT2D eigenvalue weighted by Crippen LogP contribution is -2.17. The van der Waals surface area contributed by atoms with Crippen molar-refractivity contribution in [2.24, 2.45) is 0 Å². The van der Waals surface area contributed by atoms with Crippen LogP contribution in [0.2, 0.25) is 0 Å². The lowest BCUT2D eigenvalue weighted by Gasteiger charge is -2.08. The summed E-state index contributed by atoms with van der Waals surface area (Å²) >= 11 is 0. The fourth-order valence-electron chi connectivity index (χ4n) is 2.45. The van der Waals surface area contributed by atoms with Crippen LogP contribution in [0.4, 0.5) is 24.5 Å². The van der Waals surface area contributed by atoms with Gasteiger partial charge in [-0.05, 0) is 37.3 Å². The summed E-state index contributed by atoms with van der Waals surface area (Å²) in [6.07, 6.45) is -3.38. The number of hydrogen-bond donors (Lipinski definition) is 2. The number of H-pyrrole nitrogens is 1. The molecule has 0 saturated carbocycles. The highest BCUT2D eigenvalue weighted by Crippen LogP contribution is 2.25. The van der Waals surface area contributed by atoms with Gasteiger partial charge in [0.15, 0.2) is 0 Å². The van der Waals surface area contributed by atoms with Crippen molar-refractivity contribution >= 4 is 22.4 Å². The summed E-state index contributed by atoms with van der Waals surface area (Å²) < 4.78 is 39.0. The molecule has 0 fully saturated rings. The van der Waals surface area contributed by atoms with Gasteiger partial charge < -0.3 is 10.3 Å². The summed E-state index contributed by atoms with van der Waals surface area (Å²) in [4.78, 5) is 14.7. The number of rotatable bonds is 4. The van der Waals surface area contributed by atoms with Gasteiger partial charge in [-0.15, -0.1) is 0 Å². The number of benzene rings is 2. The monoisotopic (exact) mass is 347 g/mol. The Kier molecular flexibility index (Phi) is 4.39. The molecule has 0 radical (unpaired) electrons. The SMILES string of the molecule is C/C(=C/Cn1c(=O)[nH]c2cc(Nc3ccccc3)ccc21)C(F)(F)F. The van der Waals surface area contributed by atoms with Crippen molar-refractivity contribution in [2.45, 2.75) is 19.6 Å². The van der Waals surface area contributed by atoms with Gasteiger partial charge in [-0.3, -0.25) is 4.57 Å². The van der Waals surface area contributed by atoms with Gasteiger partial charge in [-0.1, -0.05) is 24.3 Å². The van der Waals surface area contributed by atoms with Gasteiger partial charge in [0, 0.05) is 23.5 Å². The summed E-state index contributed by atoms with van der Waals surface area (Å²) in [5, 5.41) is 3.20. The second kappa shape index (κ2) is 6.51. The molecule has 0 aliphatic carbocycles. The molecule has 3 rings (SSSR count). The van der Waals surface area contributed by atoms with Gasteiger partial charge in [-0.25, -0.2) is 4.79 Å². The van der Waals surface area contributed by atoms with E-state index in [9.17, 15) is 18.0 Å². The molecule has 25 heavy (non-hydrogen) atoms. The maximum absolute atomic E-state index is 12.6. The van der Waals surface area contributed by atoms with Crippen LogP contribution in [-0.4, -0.2) is 15.7 Å². The third kappa shape index (κ3) is 3.76. The van der Waals surface area contributed by atoms with E-state index in [4.69, 9.17) is 0 Å². The molecule has 3 aromatic rings. The fourth-order valence-corrected chi connectivity index (χ4v) is 2.45. The number of para-hydroxylation sites is 1. The summed E-state index contributed by atoms with van der Waals surface area (Å²) in [7, 11) is 0. The lowest BCUT2D eigenvalue weighted by molar-refractivity contribution is -0.0916. The van der Waals surface area contributed by atoms with Gasteiger partial charge in [0.05, 0.1) is 11.0 Å². The first kappa shape index (κ1) is 16.9. The zero-order chi connectivity index (χ0) is 18.0. The Bertz CT molecular complexity index is 969. The van der Waals surface area contributed by atoms with Crippen LogP contribution in [-0.2, 0) is 6.54 Å². The molecule has 130 valence electrons. The molecule has 1 aromatic heterocycles.